The number of hydrogen-bond donors (Lipinski definition) is 0. The van der Waals surface area contributed by atoms with Gasteiger partial charge in [-0.25, -0.2) is 9.69 Å². The zero-order chi connectivity index (χ0) is 32.2. The molecule has 0 saturated carbocycles. The molecule has 0 fully saturated rings. The van der Waals surface area contributed by atoms with Crippen LogP contribution in [0.1, 0.15) is 0 Å². The minimum absolute atomic E-state index is 0.541. The summed E-state index contributed by atoms with van der Waals surface area (Å²) >= 11 is 0. The summed E-state index contributed by atoms with van der Waals surface area (Å²) in [4.78, 5) is 7.98. The van der Waals surface area contributed by atoms with E-state index in [9.17, 15) is 0 Å². The summed E-state index contributed by atoms with van der Waals surface area (Å²) in [5.74, 6) is 0. The first-order chi connectivity index (χ1) is 23.7. The smallest absolute Gasteiger partial charge is 0.195 e. The predicted octanol–water partition coefficient (Wildman–Crippen LogP) is 12.3. The highest BCUT2D eigenvalue weighted by molar-refractivity contribution is 6.11. The largest absolute Gasteiger partial charge is 0.310 e. The van der Waals surface area contributed by atoms with Crippen LogP contribution in [0.15, 0.2) is 158 Å². The third-order valence-electron chi connectivity index (χ3n) is 9.34. The number of rotatable bonds is 4. The van der Waals surface area contributed by atoms with Crippen LogP contribution in [0.3, 0.4) is 0 Å². The average Bonchev–Trinajstić information content (AvgIpc) is 3.67. The Morgan fingerprint density at radius 1 is 0.417 bits per heavy atom. The third kappa shape index (κ3) is 4.07. The van der Waals surface area contributed by atoms with Crippen molar-refractivity contribution in [2.75, 3.05) is 0 Å². The van der Waals surface area contributed by atoms with Crippen LogP contribution in [0, 0.1) is 13.1 Å². The Balaban J connectivity index is 1.33. The normalized spacial score (nSPS) is 11.3. The van der Waals surface area contributed by atoms with Crippen LogP contribution in [-0.4, -0.2) is 9.13 Å². The second kappa shape index (κ2) is 10.9. The van der Waals surface area contributed by atoms with Crippen molar-refractivity contribution in [3.63, 3.8) is 0 Å². The molecular formula is C44H26N4. The molecule has 0 aliphatic heterocycles. The zero-order valence-corrected chi connectivity index (χ0v) is 25.8. The number of fused-ring (bicyclic) bond motifs is 6. The van der Waals surface area contributed by atoms with Crippen molar-refractivity contribution in [3.05, 3.63) is 181 Å². The van der Waals surface area contributed by atoms with E-state index < -0.39 is 0 Å². The average molecular weight is 611 g/mol. The van der Waals surface area contributed by atoms with Gasteiger partial charge in [-0.15, -0.1) is 0 Å². The van der Waals surface area contributed by atoms with Gasteiger partial charge >= 0.3 is 0 Å². The van der Waals surface area contributed by atoms with Gasteiger partial charge in [0, 0.05) is 27.2 Å². The minimum atomic E-state index is 0.541. The molecule has 2 aromatic heterocycles. The van der Waals surface area contributed by atoms with Gasteiger partial charge in [-0.1, -0.05) is 109 Å². The molecule has 2 heterocycles. The van der Waals surface area contributed by atoms with Gasteiger partial charge in [-0.3, -0.25) is 0 Å². The first-order valence-corrected chi connectivity index (χ1v) is 15.8. The van der Waals surface area contributed by atoms with Gasteiger partial charge in [-0.2, -0.15) is 0 Å². The van der Waals surface area contributed by atoms with E-state index in [0.29, 0.717) is 11.4 Å². The van der Waals surface area contributed by atoms with Crippen LogP contribution < -0.4 is 0 Å². The van der Waals surface area contributed by atoms with Crippen molar-refractivity contribution < 1.29 is 0 Å². The first-order valence-electron chi connectivity index (χ1n) is 15.8. The SMILES string of the molecule is [C-]#[N+]c1cc(-c2cccc([N+]#[C-])c2-c2ccccc2-n2c3ccccc3c3ccccc32)cc(-n2c3ccccc3c3ccccc32)c1. The van der Waals surface area contributed by atoms with E-state index in [1.54, 1.807) is 0 Å². The van der Waals surface area contributed by atoms with Gasteiger partial charge in [0.25, 0.3) is 0 Å². The molecule has 0 radical (unpaired) electrons. The molecule has 4 heteroatoms. The lowest BCUT2D eigenvalue weighted by Gasteiger charge is -2.19. The van der Waals surface area contributed by atoms with Crippen LogP contribution in [0.2, 0.25) is 0 Å². The minimum Gasteiger partial charge on any atom is -0.310 e. The van der Waals surface area contributed by atoms with Crippen LogP contribution in [-0.2, 0) is 0 Å². The number of para-hydroxylation sites is 5. The van der Waals surface area contributed by atoms with Crippen molar-refractivity contribution >= 4 is 55.0 Å². The monoisotopic (exact) mass is 610 g/mol. The lowest BCUT2D eigenvalue weighted by Crippen LogP contribution is -1.99. The Morgan fingerprint density at radius 2 is 0.917 bits per heavy atom. The zero-order valence-electron chi connectivity index (χ0n) is 25.8. The summed E-state index contributed by atoms with van der Waals surface area (Å²) in [6.07, 6.45) is 0. The lowest BCUT2D eigenvalue weighted by molar-refractivity contribution is 1.18. The van der Waals surface area contributed by atoms with Crippen LogP contribution in [0.4, 0.5) is 11.4 Å². The molecule has 0 amide bonds. The van der Waals surface area contributed by atoms with Crippen LogP contribution >= 0.6 is 0 Å². The Bertz CT molecular complexity index is 2710. The molecule has 222 valence electrons. The fourth-order valence-electron chi connectivity index (χ4n) is 7.36. The van der Waals surface area contributed by atoms with E-state index in [2.05, 4.69) is 146 Å². The highest BCUT2D eigenvalue weighted by atomic mass is 15.0. The fourth-order valence-corrected chi connectivity index (χ4v) is 7.36. The highest BCUT2D eigenvalue weighted by Crippen LogP contribution is 2.45. The molecule has 4 nitrogen and oxygen atoms in total. The summed E-state index contributed by atoms with van der Waals surface area (Å²) in [5.41, 5.74) is 11.0. The van der Waals surface area contributed by atoms with Crippen molar-refractivity contribution in [3.8, 4) is 33.6 Å². The molecule has 0 unspecified atom stereocenters. The van der Waals surface area contributed by atoms with Gasteiger partial charge in [0.2, 0.25) is 0 Å². The maximum Gasteiger partial charge on any atom is 0.195 e. The second-order valence-electron chi connectivity index (χ2n) is 11.9. The summed E-state index contributed by atoms with van der Waals surface area (Å²) in [6, 6.07) is 54.1. The van der Waals surface area contributed by atoms with E-state index in [0.717, 1.165) is 55.7 Å². The van der Waals surface area contributed by atoms with Crippen LogP contribution in [0.25, 0.3) is 86.9 Å². The van der Waals surface area contributed by atoms with E-state index in [1.807, 2.05) is 30.3 Å². The van der Waals surface area contributed by atoms with Gasteiger partial charge in [0.05, 0.1) is 40.9 Å². The molecular weight excluding hydrogens is 585 g/mol. The predicted molar refractivity (Wildman–Crippen MR) is 199 cm³/mol. The molecule has 7 aromatic carbocycles. The maximum atomic E-state index is 8.28. The quantitative estimate of drug-likeness (QED) is 0.177. The highest BCUT2D eigenvalue weighted by Gasteiger charge is 2.21. The topological polar surface area (TPSA) is 18.6 Å². The molecule has 48 heavy (non-hydrogen) atoms. The summed E-state index contributed by atoms with van der Waals surface area (Å²) < 4.78 is 4.55. The van der Waals surface area contributed by atoms with E-state index in [-0.39, 0.29) is 0 Å². The van der Waals surface area contributed by atoms with Crippen molar-refractivity contribution in [2.45, 2.75) is 0 Å². The standard InChI is InChI=1S/C44H26N4/c1-45-30-26-29(27-31(28-30)47-39-21-8-3-14-33(39)34-15-4-9-22-40(34)47)32-19-13-20-38(46-2)44(32)37-18-7-12-25-43(37)48-41-23-10-5-16-35(41)36-17-6-11-24-42(36)48/h3-28H. The molecule has 0 bridgehead atoms. The van der Waals surface area contributed by atoms with Gasteiger partial charge in [0.1, 0.15) is 0 Å². The Kier molecular flexibility index (Phi) is 6.22. The molecule has 0 spiro atoms. The molecule has 0 aliphatic carbocycles. The first kappa shape index (κ1) is 27.4. The van der Waals surface area contributed by atoms with Gasteiger partial charge in [0.15, 0.2) is 11.4 Å². The molecule has 9 aromatic rings. The molecule has 9 rings (SSSR count). The number of hydrogen-bond acceptors (Lipinski definition) is 0. The third-order valence-corrected chi connectivity index (χ3v) is 9.34. The van der Waals surface area contributed by atoms with E-state index in [1.165, 1.54) is 21.5 Å². The van der Waals surface area contributed by atoms with Crippen molar-refractivity contribution in [1.29, 1.82) is 0 Å². The summed E-state index contributed by atoms with van der Waals surface area (Å²) in [5, 5.41) is 4.70. The number of nitrogens with zero attached hydrogens (tertiary/aromatic N) is 4. The second-order valence-corrected chi connectivity index (χ2v) is 11.9. The molecule has 0 aliphatic rings. The fraction of sp³-hybridized carbons (Fsp3) is 0. The summed E-state index contributed by atoms with van der Waals surface area (Å²) in [7, 11) is 0. The Morgan fingerprint density at radius 3 is 1.48 bits per heavy atom. The van der Waals surface area contributed by atoms with Gasteiger partial charge < -0.3 is 9.13 Å². The van der Waals surface area contributed by atoms with E-state index in [4.69, 9.17) is 13.1 Å². The Hall–Kier alpha value is -6.88. The van der Waals surface area contributed by atoms with Gasteiger partial charge in [-0.05, 0) is 70.8 Å². The number of benzene rings is 7. The summed E-state index contributed by atoms with van der Waals surface area (Å²) in [6.45, 7) is 16.4. The Labute approximate surface area is 277 Å². The van der Waals surface area contributed by atoms with Crippen molar-refractivity contribution in [1.82, 2.24) is 9.13 Å². The van der Waals surface area contributed by atoms with E-state index >= 15 is 0 Å². The lowest BCUT2D eigenvalue weighted by atomic mass is 9.91. The molecule has 0 N–H and O–H groups in total. The maximum absolute atomic E-state index is 8.28. The molecule has 0 saturated heterocycles. The molecule has 0 atom stereocenters. The van der Waals surface area contributed by atoms with Crippen molar-refractivity contribution in [2.24, 2.45) is 0 Å². The number of aromatic nitrogens is 2. The van der Waals surface area contributed by atoms with Crippen LogP contribution in [0.5, 0.6) is 0 Å².